The van der Waals surface area contributed by atoms with Crippen molar-refractivity contribution in [3.05, 3.63) is 65.2 Å². The Morgan fingerprint density at radius 3 is 2.40 bits per heavy atom. The first-order chi connectivity index (χ1) is 14.1. The minimum Gasteiger partial charge on any atom is -0.347 e. The SMILES string of the molecule is Cc1ccc(CN2CC(C(=O)Nc3ccccc3C(=O)NC(C)(C)C)CC2=O)cc1. The zero-order valence-corrected chi connectivity index (χ0v) is 18.0. The van der Waals surface area contributed by atoms with Gasteiger partial charge in [-0.2, -0.15) is 0 Å². The Labute approximate surface area is 177 Å². The van der Waals surface area contributed by atoms with Gasteiger partial charge in [-0.15, -0.1) is 0 Å². The summed E-state index contributed by atoms with van der Waals surface area (Å²) in [6.07, 6.45) is 0.175. The maximum Gasteiger partial charge on any atom is 0.253 e. The van der Waals surface area contributed by atoms with Crippen molar-refractivity contribution in [1.82, 2.24) is 10.2 Å². The second-order valence-electron chi connectivity index (χ2n) is 8.90. The van der Waals surface area contributed by atoms with Crippen LogP contribution >= 0.6 is 0 Å². The third-order valence-corrected chi connectivity index (χ3v) is 5.00. The molecule has 6 heteroatoms. The first-order valence-electron chi connectivity index (χ1n) is 10.2. The van der Waals surface area contributed by atoms with E-state index >= 15 is 0 Å². The van der Waals surface area contributed by atoms with Crippen LogP contribution in [0.5, 0.6) is 0 Å². The van der Waals surface area contributed by atoms with Crippen molar-refractivity contribution in [1.29, 1.82) is 0 Å². The van der Waals surface area contributed by atoms with Crippen LogP contribution in [0.4, 0.5) is 5.69 Å². The van der Waals surface area contributed by atoms with Gasteiger partial charge in [0.25, 0.3) is 5.91 Å². The molecule has 6 nitrogen and oxygen atoms in total. The quantitative estimate of drug-likeness (QED) is 0.796. The van der Waals surface area contributed by atoms with Crippen LogP contribution in [0.15, 0.2) is 48.5 Å². The number of aryl methyl sites for hydroxylation is 1. The first-order valence-corrected chi connectivity index (χ1v) is 10.2. The molecule has 1 aliphatic heterocycles. The molecule has 158 valence electrons. The predicted octanol–water partition coefficient (Wildman–Crippen LogP) is 3.51. The largest absolute Gasteiger partial charge is 0.347 e. The number of benzene rings is 2. The molecule has 0 aromatic heterocycles. The standard InChI is InChI=1S/C24H29N3O3/c1-16-9-11-17(12-10-16)14-27-15-18(13-21(27)28)22(29)25-20-8-6-5-7-19(20)23(30)26-24(2,3)4/h5-12,18H,13-15H2,1-4H3,(H,25,29)(H,26,30). The van der Waals surface area contributed by atoms with Crippen LogP contribution in [-0.4, -0.2) is 34.7 Å². The van der Waals surface area contributed by atoms with E-state index in [1.165, 1.54) is 0 Å². The molecule has 1 saturated heterocycles. The maximum atomic E-state index is 12.8. The lowest BCUT2D eigenvalue weighted by Gasteiger charge is -2.22. The Bertz CT molecular complexity index is 945. The van der Waals surface area contributed by atoms with Gasteiger partial charge in [-0.25, -0.2) is 0 Å². The Balaban J connectivity index is 1.66. The molecule has 2 aromatic rings. The van der Waals surface area contributed by atoms with Gasteiger partial charge >= 0.3 is 0 Å². The number of likely N-dealkylation sites (tertiary alicyclic amines) is 1. The molecule has 1 atom stereocenters. The van der Waals surface area contributed by atoms with Gasteiger partial charge in [0, 0.05) is 25.0 Å². The van der Waals surface area contributed by atoms with Gasteiger partial charge in [0.05, 0.1) is 17.2 Å². The molecule has 0 radical (unpaired) electrons. The second-order valence-corrected chi connectivity index (χ2v) is 8.90. The van der Waals surface area contributed by atoms with E-state index in [1.54, 1.807) is 29.2 Å². The lowest BCUT2D eigenvalue weighted by molar-refractivity contribution is -0.128. The molecule has 0 aliphatic carbocycles. The Morgan fingerprint density at radius 2 is 1.73 bits per heavy atom. The number of amides is 3. The Morgan fingerprint density at radius 1 is 1.07 bits per heavy atom. The van der Waals surface area contributed by atoms with E-state index in [2.05, 4.69) is 10.6 Å². The average Bonchev–Trinajstić information content (AvgIpc) is 3.03. The number of nitrogens with zero attached hydrogens (tertiary/aromatic N) is 1. The lowest BCUT2D eigenvalue weighted by atomic mass is 10.1. The number of hydrogen-bond acceptors (Lipinski definition) is 3. The van der Waals surface area contributed by atoms with E-state index in [1.807, 2.05) is 52.0 Å². The van der Waals surface area contributed by atoms with Gasteiger partial charge in [0.1, 0.15) is 0 Å². The van der Waals surface area contributed by atoms with Crippen molar-refractivity contribution in [2.45, 2.75) is 46.2 Å². The van der Waals surface area contributed by atoms with Crippen LogP contribution in [0, 0.1) is 12.8 Å². The minimum absolute atomic E-state index is 0.0329. The van der Waals surface area contributed by atoms with E-state index in [9.17, 15) is 14.4 Å². The molecule has 1 fully saturated rings. The third-order valence-electron chi connectivity index (χ3n) is 5.00. The highest BCUT2D eigenvalue weighted by Gasteiger charge is 2.34. The molecule has 1 aliphatic rings. The van der Waals surface area contributed by atoms with Crippen molar-refractivity contribution >= 4 is 23.4 Å². The number of hydrogen-bond donors (Lipinski definition) is 2. The molecule has 0 saturated carbocycles. The summed E-state index contributed by atoms with van der Waals surface area (Å²) in [4.78, 5) is 39.6. The predicted molar refractivity (Wildman–Crippen MR) is 117 cm³/mol. The monoisotopic (exact) mass is 407 g/mol. The van der Waals surface area contributed by atoms with Crippen LogP contribution in [0.1, 0.15) is 48.7 Å². The second kappa shape index (κ2) is 8.69. The van der Waals surface area contributed by atoms with E-state index < -0.39 is 5.92 Å². The number of anilines is 1. The molecule has 3 amide bonds. The number of para-hydroxylation sites is 1. The third kappa shape index (κ3) is 5.47. The molecule has 30 heavy (non-hydrogen) atoms. The van der Waals surface area contributed by atoms with Crippen molar-refractivity contribution in [3.63, 3.8) is 0 Å². The van der Waals surface area contributed by atoms with Gasteiger partial charge in [0.2, 0.25) is 11.8 Å². The molecule has 1 heterocycles. The van der Waals surface area contributed by atoms with Crippen molar-refractivity contribution in [3.8, 4) is 0 Å². The Hall–Kier alpha value is -3.15. The van der Waals surface area contributed by atoms with Gasteiger partial charge in [-0.05, 0) is 45.4 Å². The highest BCUT2D eigenvalue weighted by molar-refractivity contribution is 6.05. The average molecular weight is 408 g/mol. The van der Waals surface area contributed by atoms with Crippen molar-refractivity contribution in [2.75, 3.05) is 11.9 Å². The summed E-state index contributed by atoms with van der Waals surface area (Å²) in [6, 6.07) is 14.9. The fourth-order valence-electron chi connectivity index (χ4n) is 3.45. The normalized spacial score (nSPS) is 16.5. The number of carbonyl (C=O) groups is 3. The molecular formula is C24H29N3O3. The van der Waals surface area contributed by atoms with Crippen molar-refractivity contribution < 1.29 is 14.4 Å². The maximum absolute atomic E-state index is 12.8. The lowest BCUT2D eigenvalue weighted by Crippen LogP contribution is -2.41. The van der Waals surface area contributed by atoms with E-state index in [0.29, 0.717) is 24.3 Å². The van der Waals surface area contributed by atoms with Gasteiger partial charge in [-0.1, -0.05) is 42.0 Å². The van der Waals surface area contributed by atoms with Crippen LogP contribution in [0.3, 0.4) is 0 Å². The highest BCUT2D eigenvalue weighted by Crippen LogP contribution is 2.23. The Kier molecular flexibility index (Phi) is 6.25. The minimum atomic E-state index is -0.443. The summed E-state index contributed by atoms with van der Waals surface area (Å²) < 4.78 is 0. The number of carbonyl (C=O) groups excluding carboxylic acids is 3. The molecule has 0 bridgehead atoms. The van der Waals surface area contributed by atoms with Crippen LogP contribution in [0.2, 0.25) is 0 Å². The zero-order chi connectivity index (χ0) is 21.9. The topological polar surface area (TPSA) is 78.5 Å². The summed E-state index contributed by atoms with van der Waals surface area (Å²) in [5, 5.41) is 5.76. The smallest absolute Gasteiger partial charge is 0.253 e. The number of nitrogens with one attached hydrogen (secondary N) is 2. The zero-order valence-electron chi connectivity index (χ0n) is 18.0. The summed E-state index contributed by atoms with van der Waals surface area (Å²) in [6.45, 7) is 8.59. The molecular weight excluding hydrogens is 378 g/mol. The summed E-state index contributed by atoms with van der Waals surface area (Å²) in [7, 11) is 0. The van der Waals surface area contributed by atoms with Gasteiger partial charge in [-0.3, -0.25) is 14.4 Å². The first kappa shape index (κ1) is 21.6. The molecule has 2 N–H and O–H groups in total. The van der Waals surface area contributed by atoms with Crippen LogP contribution < -0.4 is 10.6 Å². The molecule has 0 spiro atoms. The van der Waals surface area contributed by atoms with Crippen LogP contribution in [-0.2, 0) is 16.1 Å². The summed E-state index contributed by atoms with van der Waals surface area (Å²) in [5.41, 5.74) is 2.68. The van der Waals surface area contributed by atoms with Gasteiger partial charge in [0.15, 0.2) is 0 Å². The fraction of sp³-hybridized carbons (Fsp3) is 0.375. The molecule has 1 unspecified atom stereocenters. The van der Waals surface area contributed by atoms with Crippen molar-refractivity contribution in [2.24, 2.45) is 5.92 Å². The molecule has 3 rings (SSSR count). The summed E-state index contributed by atoms with van der Waals surface area (Å²) >= 11 is 0. The fourth-order valence-corrected chi connectivity index (χ4v) is 3.45. The molecule has 2 aromatic carbocycles. The van der Waals surface area contributed by atoms with E-state index in [4.69, 9.17) is 0 Å². The highest BCUT2D eigenvalue weighted by atomic mass is 16.2. The van der Waals surface area contributed by atoms with E-state index in [-0.39, 0.29) is 29.7 Å². The summed E-state index contributed by atoms with van der Waals surface area (Å²) in [5.74, 6) is -0.969. The number of rotatable bonds is 5. The van der Waals surface area contributed by atoms with Crippen LogP contribution in [0.25, 0.3) is 0 Å². The van der Waals surface area contributed by atoms with Gasteiger partial charge < -0.3 is 15.5 Å². The van der Waals surface area contributed by atoms with E-state index in [0.717, 1.165) is 11.1 Å².